The highest BCUT2D eigenvalue weighted by atomic mass is 32.2. The van der Waals surface area contributed by atoms with Gasteiger partial charge in [0.2, 0.25) is 15.2 Å². The number of hydrogen-bond acceptors (Lipinski definition) is 7. The molecule has 0 aliphatic carbocycles. The summed E-state index contributed by atoms with van der Waals surface area (Å²) >= 11 is 2.90. The first-order chi connectivity index (χ1) is 12.3. The minimum absolute atomic E-state index is 0.143. The van der Waals surface area contributed by atoms with Gasteiger partial charge in [-0.25, -0.2) is 8.42 Å². The molecule has 1 amide bonds. The second-order valence-electron chi connectivity index (χ2n) is 6.14. The third-order valence-electron chi connectivity index (χ3n) is 3.71. The van der Waals surface area contributed by atoms with Crippen LogP contribution in [0.3, 0.4) is 0 Å². The second kappa shape index (κ2) is 7.93. The van der Waals surface area contributed by atoms with Crippen molar-refractivity contribution in [3.8, 4) is 0 Å². The molecule has 1 aromatic heterocycles. The molecular weight excluding hydrogens is 392 g/mol. The number of nitrogens with one attached hydrogen (secondary N) is 1. The minimum Gasteiger partial charge on any atom is -0.296 e. The van der Waals surface area contributed by atoms with Crippen molar-refractivity contribution in [2.75, 3.05) is 21.9 Å². The molecule has 1 aliphatic rings. The maximum absolute atomic E-state index is 12.5. The summed E-state index contributed by atoms with van der Waals surface area (Å²) in [5.74, 6) is -0.191. The average Bonchev–Trinajstić information content (AvgIpc) is 3.00. The smallest absolute Gasteiger partial charge is 0.257 e. The Morgan fingerprint density at radius 1 is 1.31 bits per heavy atom. The number of anilines is 2. The Bertz CT molecular complexity index is 896. The van der Waals surface area contributed by atoms with Crippen LogP contribution in [0.15, 0.2) is 28.6 Å². The van der Waals surface area contributed by atoms with Crippen LogP contribution in [-0.2, 0) is 10.0 Å². The van der Waals surface area contributed by atoms with E-state index in [0.717, 1.165) is 10.8 Å². The molecule has 7 nitrogen and oxygen atoms in total. The van der Waals surface area contributed by atoms with Gasteiger partial charge >= 0.3 is 0 Å². The van der Waals surface area contributed by atoms with Crippen molar-refractivity contribution < 1.29 is 13.2 Å². The van der Waals surface area contributed by atoms with Crippen LogP contribution in [0.2, 0.25) is 0 Å². The molecule has 0 spiro atoms. The molecule has 0 unspecified atom stereocenters. The first kappa shape index (κ1) is 19.1. The Morgan fingerprint density at radius 2 is 2.12 bits per heavy atom. The van der Waals surface area contributed by atoms with Crippen LogP contribution in [0.1, 0.15) is 37.0 Å². The van der Waals surface area contributed by atoms with Crippen molar-refractivity contribution in [2.24, 2.45) is 0 Å². The van der Waals surface area contributed by atoms with Crippen LogP contribution >= 0.6 is 23.1 Å². The van der Waals surface area contributed by atoms with Crippen molar-refractivity contribution in [1.82, 2.24) is 10.2 Å². The summed E-state index contributed by atoms with van der Waals surface area (Å²) in [7, 11) is -3.31. The molecule has 1 aliphatic heterocycles. The molecule has 2 aromatic rings. The predicted molar refractivity (Wildman–Crippen MR) is 106 cm³/mol. The van der Waals surface area contributed by atoms with Gasteiger partial charge in [0.15, 0.2) is 4.34 Å². The molecule has 2 heterocycles. The number of hydrogen-bond donors (Lipinski definition) is 1. The van der Waals surface area contributed by atoms with E-state index in [0.29, 0.717) is 34.6 Å². The van der Waals surface area contributed by atoms with Crippen LogP contribution in [-0.4, -0.2) is 42.1 Å². The van der Waals surface area contributed by atoms with Crippen molar-refractivity contribution in [3.05, 3.63) is 29.8 Å². The van der Waals surface area contributed by atoms with E-state index in [9.17, 15) is 13.2 Å². The summed E-state index contributed by atoms with van der Waals surface area (Å²) in [5, 5.41) is 11.6. The molecule has 0 atom stereocenters. The van der Waals surface area contributed by atoms with Crippen molar-refractivity contribution in [3.63, 3.8) is 0 Å². The Labute approximate surface area is 161 Å². The number of amides is 1. The number of rotatable bonds is 5. The zero-order chi connectivity index (χ0) is 18.7. The first-order valence-corrected chi connectivity index (χ1v) is 11.6. The number of aromatic nitrogens is 2. The van der Waals surface area contributed by atoms with E-state index in [1.165, 1.54) is 15.6 Å². The highest BCUT2D eigenvalue weighted by molar-refractivity contribution is 8.01. The monoisotopic (exact) mass is 412 g/mol. The molecule has 1 saturated heterocycles. The third-order valence-corrected chi connectivity index (χ3v) is 7.51. The summed E-state index contributed by atoms with van der Waals surface area (Å²) in [6, 6.07) is 6.65. The van der Waals surface area contributed by atoms with Crippen LogP contribution in [0, 0.1) is 0 Å². The largest absolute Gasteiger partial charge is 0.296 e. The summed E-state index contributed by atoms with van der Waals surface area (Å²) in [4.78, 5) is 12.5. The molecule has 1 N–H and O–H groups in total. The van der Waals surface area contributed by atoms with Gasteiger partial charge in [-0.3, -0.25) is 14.4 Å². The van der Waals surface area contributed by atoms with Crippen LogP contribution in [0.25, 0.3) is 0 Å². The molecule has 140 valence electrons. The molecule has 26 heavy (non-hydrogen) atoms. The normalized spacial score (nSPS) is 16.7. The Morgan fingerprint density at radius 3 is 2.85 bits per heavy atom. The molecular formula is C16H20N4O3S3. The van der Waals surface area contributed by atoms with Gasteiger partial charge in [0.05, 0.1) is 11.4 Å². The van der Waals surface area contributed by atoms with E-state index in [4.69, 9.17) is 0 Å². The van der Waals surface area contributed by atoms with E-state index in [1.54, 1.807) is 36.0 Å². The lowest BCUT2D eigenvalue weighted by Crippen LogP contribution is -2.37. The zero-order valence-electron chi connectivity index (χ0n) is 14.5. The van der Waals surface area contributed by atoms with Crippen molar-refractivity contribution >= 4 is 49.8 Å². The lowest BCUT2D eigenvalue weighted by Gasteiger charge is -2.28. The Balaban J connectivity index is 1.75. The van der Waals surface area contributed by atoms with E-state index in [1.807, 2.05) is 0 Å². The van der Waals surface area contributed by atoms with Gasteiger partial charge in [0.25, 0.3) is 5.91 Å². The molecule has 0 bridgehead atoms. The van der Waals surface area contributed by atoms with Gasteiger partial charge in [-0.2, -0.15) is 0 Å². The number of benzene rings is 1. The lowest BCUT2D eigenvalue weighted by atomic mass is 10.2. The molecule has 0 radical (unpaired) electrons. The SMILES string of the molecule is CC(C)Sc1nnc(NC(=O)c2cccc(N3CCCCS3(=O)=O)c2)s1. The standard InChI is InChI=1S/C16H20N4O3S3/c1-11(2)24-16-19-18-15(25-16)17-14(21)12-6-5-7-13(10-12)20-8-3-4-9-26(20,22)23/h5-7,10-11H,3-4,8-9H2,1-2H3,(H,17,18,21). The fourth-order valence-corrected chi connectivity index (χ4v) is 6.16. The minimum atomic E-state index is -3.31. The Kier molecular flexibility index (Phi) is 5.83. The predicted octanol–water partition coefficient (Wildman–Crippen LogP) is 3.22. The van der Waals surface area contributed by atoms with Crippen LogP contribution in [0.4, 0.5) is 10.8 Å². The lowest BCUT2D eigenvalue weighted by molar-refractivity contribution is 0.102. The highest BCUT2D eigenvalue weighted by Gasteiger charge is 2.26. The molecule has 10 heteroatoms. The molecule has 3 rings (SSSR count). The van der Waals surface area contributed by atoms with E-state index >= 15 is 0 Å². The summed E-state index contributed by atoms with van der Waals surface area (Å²) < 4.78 is 26.7. The quantitative estimate of drug-likeness (QED) is 0.599. The van der Waals surface area contributed by atoms with Crippen LogP contribution < -0.4 is 9.62 Å². The summed E-state index contributed by atoms with van der Waals surface area (Å²) in [6.07, 6.45) is 1.49. The van der Waals surface area contributed by atoms with Gasteiger partial charge in [-0.05, 0) is 31.0 Å². The zero-order valence-corrected chi connectivity index (χ0v) is 17.0. The summed E-state index contributed by atoms with van der Waals surface area (Å²) in [6.45, 7) is 4.56. The molecule has 0 saturated carbocycles. The molecule has 1 fully saturated rings. The third kappa shape index (κ3) is 4.54. The Hall–Kier alpha value is -1.65. The average molecular weight is 413 g/mol. The van der Waals surface area contributed by atoms with Gasteiger partial charge in [-0.15, -0.1) is 10.2 Å². The number of carbonyl (C=O) groups excluding carboxylic acids is 1. The summed E-state index contributed by atoms with van der Waals surface area (Å²) in [5.41, 5.74) is 0.905. The van der Waals surface area contributed by atoms with Gasteiger partial charge in [0, 0.05) is 17.4 Å². The number of sulfonamides is 1. The van der Waals surface area contributed by atoms with E-state index in [-0.39, 0.29) is 11.7 Å². The first-order valence-electron chi connectivity index (χ1n) is 8.27. The van der Waals surface area contributed by atoms with Gasteiger partial charge < -0.3 is 0 Å². The topological polar surface area (TPSA) is 92.3 Å². The van der Waals surface area contributed by atoms with E-state index < -0.39 is 10.0 Å². The number of nitrogens with zero attached hydrogens (tertiary/aromatic N) is 3. The van der Waals surface area contributed by atoms with Gasteiger partial charge in [0.1, 0.15) is 0 Å². The van der Waals surface area contributed by atoms with Crippen LogP contribution in [0.5, 0.6) is 0 Å². The van der Waals surface area contributed by atoms with Crippen molar-refractivity contribution in [2.45, 2.75) is 36.3 Å². The second-order valence-corrected chi connectivity index (χ2v) is 11.0. The maximum Gasteiger partial charge on any atom is 0.257 e. The van der Waals surface area contributed by atoms with E-state index in [2.05, 4.69) is 29.4 Å². The number of carbonyl (C=O) groups is 1. The van der Waals surface area contributed by atoms with Crippen molar-refractivity contribution in [1.29, 1.82) is 0 Å². The molecule has 1 aromatic carbocycles. The highest BCUT2D eigenvalue weighted by Crippen LogP contribution is 2.29. The van der Waals surface area contributed by atoms with Gasteiger partial charge in [-0.1, -0.05) is 43.0 Å². The fraction of sp³-hybridized carbons (Fsp3) is 0.438. The fourth-order valence-electron chi connectivity index (χ4n) is 2.56. The maximum atomic E-state index is 12.5. The number of thioether (sulfide) groups is 1.